The third-order valence-corrected chi connectivity index (χ3v) is 3.23. The SMILES string of the molecule is CCCNc1cc(N2CC(C)OC(C)(C)C2)ccn1. The molecule has 0 saturated carbocycles. The summed E-state index contributed by atoms with van der Waals surface area (Å²) in [6.45, 7) is 11.4. The number of aromatic nitrogens is 1. The van der Waals surface area contributed by atoms with Crippen molar-refractivity contribution in [2.45, 2.75) is 45.8 Å². The second kappa shape index (κ2) is 5.78. The van der Waals surface area contributed by atoms with Crippen molar-refractivity contribution in [3.05, 3.63) is 18.3 Å². The Bertz CT molecular complexity index is 420. The van der Waals surface area contributed by atoms with Gasteiger partial charge in [0.25, 0.3) is 0 Å². The van der Waals surface area contributed by atoms with Gasteiger partial charge in [-0.3, -0.25) is 0 Å². The lowest BCUT2D eigenvalue weighted by Gasteiger charge is -2.43. The highest BCUT2D eigenvalue weighted by atomic mass is 16.5. The van der Waals surface area contributed by atoms with Gasteiger partial charge in [-0.15, -0.1) is 0 Å². The van der Waals surface area contributed by atoms with Crippen LogP contribution in [-0.2, 0) is 4.74 Å². The van der Waals surface area contributed by atoms with Crippen LogP contribution in [0.5, 0.6) is 0 Å². The first kappa shape index (κ1) is 14.1. The van der Waals surface area contributed by atoms with Gasteiger partial charge in [-0.25, -0.2) is 4.98 Å². The molecule has 0 aromatic carbocycles. The molecular formula is C15H25N3O. The van der Waals surface area contributed by atoms with Gasteiger partial charge in [0.05, 0.1) is 11.7 Å². The summed E-state index contributed by atoms with van der Waals surface area (Å²) < 4.78 is 5.95. The van der Waals surface area contributed by atoms with Crippen LogP contribution in [0.15, 0.2) is 18.3 Å². The molecule has 4 nitrogen and oxygen atoms in total. The number of hydrogen-bond donors (Lipinski definition) is 1. The van der Waals surface area contributed by atoms with E-state index in [1.165, 1.54) is 5.69 Å². The van der Waals surface area contributed by atoms with Crippen molar-refractivity contribution >= 4 is 11.5 Å². The van der Waals surface area contributed by atoms with Crippen molar-refractivity contribution < 1.29 is 4.74 Å². The molecule has 1 N–H and O–H groups in total. The van der Waals surface area contributed by atoms with Gasteiger partial charge in [0.15, 0.2) is 0 Å². The van der Waals surface area contributed by atoms with Crippen molar-refractivity contribution in [2.24, 2.45) is 0 Å². The van der Waals surface area contributed by atoms with E-state index in [1.54, 1.807) is 0 Å². The molecule has 2 heterocycles. The lowest BCUT2D eigenvalue weighted by atomic mass is 10.0. The molecule has 1 aromatic heterocycles. The van der Waals surface area contributed by atoms with Crippen molar-refractivity contribution in [1.29, 1.82) is 0 Å². The standard InChI is InChI=1S/C15H25N3O/c1-5-7-16-14-9-13(6-8-17-14)18-10-12(2)19-15(3,4)11-18/h6,8-9,12H,5,7,10-11H2,1-4H3,(H,16,17). The molecule has 106 valence electrons. The Labute approximate surface area is 116 Å². The average Bonchev–Trinajstić information content (AvgIpc) is 2.34. The molecule has 0 aliphatic carbocycles. The second-order valence-electron chi connectivity index (χ2n) is 5.89. The minimum Gasteiger partial charge on any atom is -0.370 e. The Morgan fingerprint density at radius 2 is 2.32 bits per heavy atom. The summed E-state index contributed by atoms with van der Waals surface area (Å²) in [6.07, 6.45) is 3.23. The van der Waals surface area contributed by atoms with Gasteiger partial charge in [0.2, 0.25) is 0 Å². The summed E-state index contributed by atoms with van der Waals surface area (Å²) in [7, 11) is 0. The second-order valence-corrected chi connectivity index (χ2v) is 5.89. The fourth-order valence-electron chi connectivity index (χ4n) is 2.62. The van der Waals surface area contributed by atoms with Gasteiger partial charge < -0.3 is 15.0 Å². The number of morpholine rings is 1. The molecular weight excluding hydrogens is 238 g/mol. The van der Waals surface area contributed by atoms with Crippen molar-refractivity contribution in [3.63, 3.8) is 0 Å². The molecule has 1 atom stereocenters. The van der Waals surface area contributed by atoms with Crippen LogP contribution >= 0.6 is 0 Å². The first-order chi connectivity index (χ1) is 9.00. The monoisotopic (exact) mass is 263 g/mol. The maximum Gasteiger partial charge on any atom is 0.127 e. The van der Waals surface area contributed by atoms with E-state index in [0.717, 1.165) is 31.9 Å². The topological polar surface area (TPSA) is 37.4 Å². The molecule has 0 bridgehead atoms. The smallest absolute Gasteiger partial charge is 0.127 e. The summed E-state index contributed by atoms with van der Waals surface area (Å²) in [5.74, 6) is 0.955. The van der Waals surface area contributed by atoms with Crippen molar-refractivity contribution in [1.82, 2.24) is 4.98 Å². The van der Waals surface area contributed by atoms with Crippen molar-refractivity contribution in [3.8, 4) is 0 Å². The van der Waals surface area contributed by atoms with Crippen LogP contribution in [0.25, 0.3) is 0 Å². The van der Waals surface area contributed by atoms with Crippen LogP contribution < -0.4 is 10.2 Å². The summed E-state index contributed by atoms with van der Waals surface area (Å²) in [6, 6.07) is 4.20. The summed E-state index contributed by atoms with van der Waals surface area (Å²) in [5, 5.41) is 3.34. The van der Waals surface area contributed by atoms with E-state index in [0.29, 0.717) is 0 Å². The fraction of sp³-hybridized carbons (Fsp3) is 0.667. The molecule has 19 heavy (non-hydrogen) atoms. The number of anilines is 2. The Balaban J connectivity index is 2.12. The van der Waals surface area contributed by atoms with E-state index in [4.69, 9.17) is 4.74 Å². The van der Waals surface area contributed by atoms with Gasteiger partial charge in [0, 0.05) is 37.6 Å². The van der Waals surface area contributed by atoms with Crippen LogP contribution in [0.4, 0.5) is 11.5 Å². The van der Waals surface area contributed by atoms with Crippen molar-refractivity contribution in [2.75, 3.05) is 29.9 Å². The van der Waals surface area contributed by atoms with Gasteiger partial charge in [-0.05, 0) is 33.3 Å². The van der Waals surface area contributed by atoms with E-state index in [2.05, 4.69) is 55.0 Å². The predicted molar refractivity (Wildman–Crippen MR) is 79.9 cm³/mol. The normalized spacial score (nSPS) is 22.3. The molecule has 2 rings (SSSR count). The molecule has 1 fully saturated rings. The largest absolute Gasteiger partial charge is 0.370 e. The Kier molecular flexibility index (Phi) is 4.30. The van der Waals surface area contributed by atoms with Crippen LogP contribution in [0, 0.1) is 0 Å². The Morgan fingerprint density at radius 3 is 3.00 bits per heavy atom. The van der Waals surface area contributed by atoms with E-state index < -0.39 is 0 Å². The summed E-state index contributed by atoms with van der Waals surface area (Å²) in [5.41, 5.74) is 1.12. The third-order valence-electron chi connectivity index (χ3n) is 3.23. The van der Waals surface area contributed by atoms with Crippen LogP contribution in [0.3, 0.4) is 0 Å². The molecule has 1 aliphatic heterocycles. The fourth-order valence-corrected chi connectivity index (χ4v) is 2.62. The molecule has 0 amide bonds. The van der Waals surface area contributed by atoms with Gasteiger partial charge in [-0.2, -0.15) is 0 Å². The van der Waals surface area contributed by atoms with Crippen LogP contribution in [-0.4, -0.2) is 36.3 Å². The van der Waals surface area contributed by atoms with Crippen LogP contribution in [0.1, 0.15) is 34.1 Å². The predicted octanol–water partition coefficient (Wildman–Crippen LogP) is 2.91. The Hall–Kier alpha value is -1.29. The first-order valence-electron chi connectivity index (χ1n) is 7.13. The highest BCUT2D eigenvalue weighted by Gasteiger charge is 2.31. The zero-order valence-corrected chi connectivity index (χ0v) is 12.4. The molecule has 1 aromatic rings. The average molecular weight is 263 g/mol. The number of nitrogens with zero attached hydrogens (tertiary/aromatic N) is 2. The van der Waals surface area contributed by atoms with Crippen LogP contribution in [0.2, 0.25) is 0 Å². The lowest BCUT2D eigenvalue weighted by molar-refractivity contribution is -0.0749. The minimum atomic E-state index is -0.0993. The zero-order valence-electron chi connectivity index (χ0n) is 12.4. The molecule has 0 radical (unpaired) electrons. The van der Waals surface area contributed by atoms with E-state index in [-0.39, 0.29) is 11.7 Å². The van der Waals surface area contributed by atoms with Gasteiger partial charge >= 0.3 is 0 Å². The number of rotatable bonds is 4. The Morgan fingerprint density at radius 1 is 1.53 bits per heavy atom. The first-order valence-corrected chi connectivity index (χ1v) is 7.13. The third kappa shape index (κ3) is 3.83. The molecule has 1 aliphatic rings. The summed E-state index contributed by atoms with van der Waals surface area (Å²) in [4.78, 5) is 6.74. The zero-order chi connectivity index (χ0) is 13.9. The van der Waals surface area contributed by atoms with E-state index >= 15 is 0 Å². The number of pyridine rings is 1. The maximum absolute atomic E-state index is 5.95. The van der Waals surface area contributed by atoms with Gasteiger partial charge in [-0.1, -0.05) is 6.92 Å². The molecule has 0 spiro atoms. The highest BCUT2D eigenvalue weighted by molar-refractivity contribution is 5.54. The quantitative estimate of drug-likeness (QED) is 0.906. The number of hydrogen-bond acceptors (Lipinski definition) is 4. The minimum absolute atomic E-state index is 0.0993. The van der Waals surface area contributed by atoms with E-state index in [9.17, 15) is 0 Å². The molecule has 4 heteroatoms. The molecule has 1 unspecified atom stereocenters. The lowest BCUT2D eigenvalue weighted by Crippen LogP contribution is -2.52. The van der Waals surface area contributed by atoms with E-state index in [1.807, 2.05) is 6.20 Å². The number of ether oxygens (including phenoxy) is 1. The highest BCUT2D eigenvalue weighted by Crippen LogP contribution is 2.26. The molecule has 1 saturated heterocycles. The summed E-state index contributed by atoms with van der Waals surface area (Å²) >= 11 is 0. The van der Waals surface area contributed by atoms with Gasteiger partial charge in [0.1, 0.15) is 5.82 Å². The number of nitrogens with one attached hydrogen (secondary N) is 1. The maximum atomic E-state index is 5.95.